The standard InChI is InChI=1S/C22H34O8/c1-2-3-4-5-6-7-12-28-22-21(27)20(26)19(25)17(30-22)14-29-18(24)13-15-8-10-16(23)11-9-15/h8-11,17,19-23,25-27H,2-7,12-14H2,1H3/t17-,19-,20+,21-,22-/m1/s1. The van der Waals surface area contributed by atoms with Gasteiger partial charge in [-0.2, -0.15) is 0 Å². The minimum atomic E-state index is -1.46. The summed E-state index contributed by atoms with van der Waals surface area (Å²) in [6.07, 6.45) is 0.130. The van der Waals surface area contributed by atoms with Gasteiger partial charge >= 0.3 is 5.97 Å². The van der Waals surface area contributed by atoms with Crippen molar-refractivity contribution in [3.8, 4) is 5.75 Å². The highest BCUT2D eigenvalue weighted by Crippen LogP contribution is 2.23. The first-order valence-corrected chi connectivity index (χ1v) is 10.7. The summed E-state index contributed by atoms with van der Waals surface area (Å²) in [6.45, 7) is 2.24. The number of benzene rings is 1. The van der Waals surface area contributed by atoms with Crippen LogP contribution in [0.3, 0.4) is 0 Å². The van der Waals surface area contributed by atoms with E-state index in [4.69, 9.17) is 14.2 Å². The summed E-state index contributed by atoms with van der Waals surface area (Å²) in [4.78, 5) is 12.0. The number of unbranched alkanes of at least 4 members (excludes halogenated alkanes) is 5. The lowest BCUT2D eigenvalue weighted by Crippen LogP contribution is -2.59. The van der Waals surface area contributed by atoms with Crippen molar-refractivity contribution in [1.82, 2.24) is 0 Å². The van der Waals surface area contributed by atoms with Gasteiger partial charge in [-0.3, -0.25) is 4.79 Å². The molecule has 1 saturated heterocycles. The molecule has 0 saturated carbocycles. The fraction of sp³-hybridized carbons (Fsp3) is 0.682. The summed E-state index contributed by atoms with van der Waals surface area (Å²) < 4.78 is 16.3. The maximum absolute atomic E-state index is 12.0. The Morgan fingerprint density at radius 1 is 0.967 bits per heavy atom. The molecule has 0 radical (unpaired) electrons. The lowest BCUT2D eigenvalue weighted by atomic mass is 9.99. The Morgan fingerprint density at radius 3 is 2.33 bits per heavy atom. The predicted molar refractivity (Wildman–Crippen MR) is 109 cm³/mol. The Hall–Kier alpha value is -1.71. The number of carbonyl (C=O) groups excluding carboxylic acids is 1. The molecule has 0 bridgehead atoms. The zero-order chi connectivity index (χ0) is 21.9. The fourth-order valence-corrected chi connectivity index (χ4v) is 3.28. The fourth-order valence-electron chi connectivity index (χ4n) is 3.28. The van der Waals surface area contributed by atoms with Crippen LogP contribution in [0.4, 0.5) is 0 Å². The van der Waals surface area contributed by atoms with Gasteiger partial charge in [-0.05, 0) is 24.1 Å². The SMILES string of the molecule is CCCCCCCCO[C@@H]1O[C@H](COC(=O)Cc2ccc(O)cc2)[C@@H](O)[C@H](O)[C@H]1O. The van der Waals surface area contributed by atoms with Crippen molar-refractivity contribution in [2.24, 2.45) is 0 Å². The van der Waals surface area contributed by atoms with Crippen molar-refractivity contribution >= 4 is 5.97 Å². The summed E-state index contributed by atoms with van der Waals surface area (Å²) in [6, 6.07) is 6.16. The van der Waals surface area contributed by atoms with Crippen LogP contribution in [0.2, 0.25) is 0 Å². The third-order valence-corrected chi connectivity index (χ3v) is 5.14. The second kappa shape index (κ2) is 12.9. The van der Waals surface area contributed by atoms with E-state index in [2.05, 4.69) is 6.92 Å². The van der Waals surface area contributed by atoms with E-state index in [1.165, 1.54) is 31.4 Å². The first-order valence-electron chi connectivity index (χ1n) is 10.7. The second-order valence-electron chi connectivity index (χ2n) is 7.68. The zero-order valence-corrected chi connectivity index (χ0v) is 17.5. The molecule has 0 aliphatic carbocycles. The van der Waals surface area contributed by atoms with Gasteiger partial charge in [0.05, 0.1) is 6.42 Å². The number of aromatic hydroxyl groups is 1. The normalized spacial score (nSPS) is 26.5. The van der Waals surface area contributed by atoms with Gasteiger partial charge in [-0.25, -0.2) is 0 Å². The van der Waals surface area contributed by atoms with Crippen LogP contribution >= 0.6 is 0 Å². The Balaban J connectivity index is 1.76. The minimum Gasteiger partial charge on any atom is -0.508 e. The number of phenolic OH excluding ortho intramolecular Hbond substituents is 1. The van der Waals surface area contributed by atoms with Crippen LogP contribution < -0.4 is 0 Å². The van der Waals surface area contributed by atoms with Crippen LogP contribution in [0.5, 0.6) is 5.75 Å². The maximum Gasteiger partial charge on any atom is 0.310 e. The third-order valence-electron chi connectivity index (χ3n) is 5.14. The number of hydrogen-bond acceptors (Lipinski definition) is 8. The van der Waals surface area contributed by atoms with Gasteiger partial charge in [0.2, 0.25) is 0 Å². The highest BCUT2D eigenvalue weighted by Gasteiger charge is 2.44. The van der Waals surface area contributed by atoms with Crippen LogP contribution in [-0.4, -0.2) is 70.3 Å². The van der Waals surface area contributed by atoms with Gasteiger partial charge in [-0.1, -0.05) is 51.2 Å². The number of hydrogen-bond donors (Lipinski definition) is 4. The largest absolute Gasteiger partial charge is 0.508 e. The third kappa shape index (κ3) is 7.85. The molecule has 5 atom stereocenters. The van der Waals surface area contributed by atoms with Gasteiger partial charge < -0.3 is 34.6 Å². The van der Waals surface area contributed by atoms with Crippen molar-refractivity contribution in [1.29, 1.82) is 0 Å². The first kappa shape index (κ1) is 24.6. The Kier molecular flexibility index (Phi) is 10.5. The zero-order valence-electron chi connectivity index (χ0n) is 17.5. The highest BCUT2D eigenvalue weighted by molar-refractivity contribution is 5.72. The molecule has 1 aromatic rings. The summed E-state index contributed by atoms with van der Waals surface area (Å²) in [5, 5.41) is 39.6. The molecule has 0 amide bonds. The van der Waals surface area contributed by atoms with E-state index in [1.807, 2.05) is 0 Å². The summed E-state index contributed by atoms with van der Waals surface area (Å²) in [5.41, 5.74) is 0.665. The van der Waals surface area contributed by atoms with Crippen molar-refractivity contribution in [3.63, 3.8) is 0 Å². The van der Waals surface area contributed by atoms with E-state index < -0.39 is 36.7 Å². The summed E-state index contributed by atoms with van der Waals surface area (Å²) in [7, 11) is 0. The number of ether oxygens (including phenoxy) is 3. The molecule has 1 aliphatic heterocycles. The maximum atomic E-state index is 12.0. The molecule has 30 heavy (non-hydrogen) atoms. The molecule has 1 aromatic carbocycles. The molecule has 4 N–H and O–H groups in total. The molecule has 2 rings (SSSR count). The average Bonchev–Trinajstić information content (AvgIpc) is 2.73. The minimum absolute atomic E-state index is 0.00770. The van der Waals surface area contributed by atoms with Crippen molar-refractivity contribution in [3.05, 3.63) is 29.8 Å². The van der Waals surface area contributed by atoms with Gasteiger partial charge in [0.1, 0.15) is 36.8 Å². The number of esters is 1. The molecule has 1 aliphatic rings. The Bertz CT molecular complexity index is 620. The van der Waals surface area contributed by atoms with Crippen LogP contribution in [0.15, 0.2) is 24.3 Å². The van der Waals surface area contributed by atoms with E-state index in [1.54, 1.807) is 12.1 Å². The van der Waals surface area contributed by atoms with E-state index >= 15 is 0 Å². The molecule has 1 heterocycles. The molecule has 0 spiro atoms. The number of aliphatic hydroxyl groups is 3. The molecular formula is C22H34O8. The lowest BCUT2D eigenvalue weighted by Gasteiger charge is -2.40. The predicted octanol–water partition coefficient (Wildman–Crippen LogP) is 1.66. The quantitative estimate of drug-likeness (QED) is 0.294. The van der Waals surface area contributed by atoms with Gasteiger partial charge in [0, 0.05) is 6.61 Å². The molecular weight excluding hydrogens is 392 g/mol. The first-order chi connectivity index (χ1) is 14.4. The van der Waals surface area contributed by atoms with Crippen molar-refractivity contribution in [2.45, 2.75) is 82.6 Å². The number of carbonyl (C=O) groups is 1. The second-order valence-corrected chi connectivity index (χ2v) is 7.68. The summed E-state index contributed by atoms with van der Waals surface area (Å²) >= 11 is 0. The molecule has 8 nitrogen and oxygen atoms in total. The van der Waals surface area contributed by atoms with Crippen LogP contribution in [0, 0.1) is 0 Å². The number of phenols is 1. The smallest absolute Gasteiger partial charge is 0.310 e. The van der Waals surface area contributed by atoms with Gasteiger partial charge in [0.15, 0.2) is 6.29 Å². The molecule has 170 valence electrons. The van der Waals surface area contributed by atoms with Crippen molar-refractivity contribution < 1.29 is 39.4 Å². The van der Waals surface area contributed by atoms with E-state index in [-0.39, 0.29) is 18.8 Å². The Morgan fingerprint density at radius 2 is 1.63 bits per heavy atom. The molecule has 8 heteroatoms. The topological polar surface area (TPSA) is 126 Å². The molecule has 0 unspecified atom stereocenters. The van der Waals surface area contributed by atoms with E-state index in [9.17, 15) is 25.2 Å². The van der Waals surface area contributed by atoms with Crippen LogP contribution in [0.25, 0.3) is 0 Å². The van der Waals surface area contributed by atoms with Crippen molar-refractivity contribution in [2.75, 3.05) is 13.2 Å². The average molecular weight is 427 g/mol. The molecule has 1 fully saturated rings. The monoisotopic (exact) mass is 426 g/mol. The highest BCUT2D eigenvalue weighted by atomic mass is 16.7. The Labute approximate surface area is 177 Å². The lowest BCUT2D eigenvalue weighted by molar-refractivity contribution is -0.301. The molecule has 0 aromatic heterocycles. The van der Waals surface area contributed by atoms with E-state index in [0.717, 1.165) is 19.3 Å². The number of aliphatic hydroxyl groups excluding tert-OH is 3. The van der Waals surface area contributed by atoms with Crippen LogP contribution in [0.1, 0.15) is 51.0 Å². The summed E-state index contributed by atoms with van der Waals surface area (Å²) in [5.74, 6) is -0.438. The van der Waals surface area contributed by atoms with Gasteiger partial charge in [0.25, 0.3) is 0 Å². The van der Waals surface area contributed by atoms with Gasteiger partial charge in [-0.15, -0.1) is 0 Å². The number of rotatable bonds is 12. The van der Waals surface area contributed by atoms with E-state index in [0.29, 0.717) is 12.2 Å². The van der Waals surface area contributed by atoms with Crippen LogP contribution in [-0.2, 0) is 25.4 Å².